The molecule has 0 radical (unpaired) electrons. The molecule has 0 N–H and O–H groups in total. The van der Waals surface area contributed by atoms with Gasteiger partial charge in [0.05, 0.1) is 6.54 Å². The van der Waals surface area contributed by atoms with E-state index in [0.717, 1.165) is 5.56 Å². The number of hydrogen-bond acceptors (Lipinski definition) is 3. The second-order valence-corrected chi connectivity index (χ2v) is 6.15. The van der Waals surface area contributed by atoms with Gasteiger partial charge in [0.25, 0.3) is 0 Å². The van der Waals surface area contributed by atoms with Crippen LogP contribution in [-0.4, -0.2) is 61.7 Å². The molecule has 4 nitrogen and oxygen atoms in total. The molecule has 0 aliphatic heterocycles. The molecule has 0 aliphatic rings. The van der Waals surface area contributed by atoms with Crippen LogP contribution in [0.4, 0.5) is 13.2 Å². The number of rotatable bonds is 8. The molecular formula is C17H25F3N2O2. The topological polar surface area (TPSA) is 32.8 Å². The van der Waals surface area contributed by atoms with Crippen LogP contribution in [0.1, 0.15) is 19.4 Å². The Morgan fingerprint density at radius 3 is 2.46 bits per heavy atom. The number of carbonyl (C=O) groups excluding carboxylic acids is 1. The van der Waals surface area contributed by atoms with Crippen LogP contribution >= 0.6 is 0 Å². The molecule has 1 rings (SSSR count). The van der Waals surface area contributed by atoms with E-state index in [0.29, 0.717) is 19.5 Å². The largest absolute Gasteiger partial charge is 0.484 e. The summed E-state index contributed by atoms with van der Waals surface area (Å²) in [6.45, 7) is 3.67. The SMILES string of the molecule is CC(C)N(CCc1cccc(OCC(F)(F)F)c1)CC(=O)N(C)C. The van der Waals surface area contributed by atoms with Gasteiger partial charge < -0.3 is 9.64 Å². The number of benzene rings is 1. The van der Waals surface area contributed by atoms with Crippen LogP contribution in [0.15, 0.2) is 24.3 Å². The number of amides is 1. The van der Waals surface area contributed by atoms with Gasteiger partial charge in [-0.05, 0) is 38.0 Å². The predicted molar refractivity (Wildman–Crippen MR) is 87.1 cm³/mol. The van der Waals surface area contributed by atoms with Gasteiger partial charge in [0.2, 0.25) is 5.91 Å². The summed E-state index contributed by atoms with van der Waals surface area (Å²) < 4.78 is 41.4. The predicted octanol–water partition coefficient (Wildman–Crippen LogP) is 2.97. The zero-order chi connectivity index (χ0) is 18.3. The van der Waals surface area contributed by atoms with Gasteiger partial charge in [-0.3, -0.25) is 9.69 Å². The molecule has 7 heteroatoms. The number of alkyl halides is 3. The number of halogens is 3. The average Bonchev–Trinajstić information content (AvgIpc) is 2.48. The fourth-order valence-electron chi connectivity index (χ4n) is 2.06. The highest BCUT2D eigenvalue weighted by Gasteiger charge is 2.28. The highest BCUT2D eigenvalue weighted by Crippen LogP contribution is 2.19. The van der Waals surface area contributed by atoms with Gasteiger partial charge >= 0.3 is 6.18 Å². The van der Waals surface area contributed by atoms with Crippen LogP contribution in [0, 0.1) is 0 Å². The van der Waals surface area contributed by atoms with Crippen LogP contribution < -0.4 is 4.74 Å². The molecule has 136 valence electrons. The van der Waals surface area contributed by atoms with Gasteiger partial charge in [-0.25, -0.2) is 0 Å². The Labute approximate surface area is 141 Å². The Morgan fingerprint density at radius 2 is 1.92 bits per heavy atom. The molecule has 0 heterocycles. The number of nitrogens with zero attached hydrogens (tertiary/aromatic N) is 2. The molecular weight excluding hydrogens is 321 g/mol. The maximum atomic E-state index is 12.2. The second-order valence-electron chi connectivity index (χ2n) is 6.15. The van der Waals surface area contributed by atoms with Crippen molar-refractivity contribution in [2.24, 2.45) is 0 Å². The fraction of sp³-hybridized carbons (Fsp3) is 0.588. The van der Waals surface area contributed by atoms with Crippen molar-refractivity contribution < 1.29 is 22.7 Å². The Hall–Kier alpha value is -1.76. The van der Waals surface area contributed by atoms with Crippen LogP contribution in [0.2, 0.25) is 0 Å². The van der Waals surface area contributed by atoms with Gasteiger partial charge in [-0.1, -0.05) is 12.1 Å². The number of likely N-dealkylation sites (N-methyl/N-ethyl adjacent to an activating group) is 1. The number of carbonyl (C=O) groups is 1. The van der Waals surface area contributed by atoms with Crippen molar-refractivity contribution in [3.8, 4) is 5.75 Å². The van der Waals surface area contributed by atoms with Crippen LogP contribution in [-0.2, 0) is 11.2 Å². The van der Waals surface area contributed by atoms with Gasteiger partial charge in [0.15, 0.2) is 6.61 Å². The minimum atomic E-state index is -4.35. The summed E-state index contributed by atoms with van der Waals surface area (Å²) in [5.41, 5.74) is 0.873. The molecule has 0 bridgehead atoms. The van der Waals surface area contributed by atoms with Crippen molar-refractivity contribution in [1.29, 1.82) is 0 Å². The van der Waals surface area contributed by atoms with E-state index in [1.807, 2.05) is 24.8 Å². The standard InChI is InChI=1S/C17H25F3N2O2/c1-13(2)22(11-16(23)21(3)4)9-8-14-6-5-7-15(10-14)24-12-17(18,19)20/h5-7,10,13H,8-9,11-12H2,1-4H3. The lowest BCUT2D eigenvalue weighted by Gasteiger charge is -2.27. The summed E-state index contributed by atoms with van der Waals surface area (Å²) in [6, 6.07) is 6.82. The molecule has 0 aromatic heterocycles. The van der Waals surface area contributed by atoms with Gasteiger partial charge in [0.1, 0.15) is 5.75 Å². The highest BCUT2D eigenvalue weighted by molar-refractivity contribution is 5.77. The third-order valence-electron chi connectivity index (χ3n) is 3.56. The minimum absolute atomic E-state index is 0.0194. The van der Waals surface area contributed by atoms with Crippen molar-refractivity contribution in [3.05, 3.63) is 29.8 Å². The molecule has 0 unspecified atom stereocenters. The van der Waals surface area contributed by atoms with E-state index >= 15 is 0 Å². The van der Waals surface area contributed by atoms with E-state index in [1.54, 1.807) is 31.1 Å². The number of ether oxygens (including phenoxy) is 1. The molecule has 0 aliphatic carbocycles. The average molecular weight is 346 g/mol. The van der Waals surface area contributed by atoms with Crippen LogP contribution in [0.25, 0.3) is 0 Å². The summed E-state index contributed by atoms with van der Waals surface area (Å²) >= 11 is 0. The van der Waals surface area contributed by atoms with E-state index in [1.165, 1.54) is 6.07 Å². The molecule has 0 saturated carbocycles. The molecule has 0 atom stereocenters. The van der Waals surface area contributed by atoms with Gasteiger partial charge in [0, 0.05) is 26.7 Å². The summed E-state index contributed by atoms with van der Waals surface area (Å²) in [5, 5.41) is 0. The quantitative estimate of drug-likeness (QED) is 0.725. The molecule has 24 heavy (non-hydrogen) atoms. The molecule has 1 aromatic rings. The molecule has 0 spiro atoms. The molecule has 0 saturated heterocycles. The van der Waals surface area contributed by atoms with Crippen molar-refractivity contribution in [2.75, 3.05) is 33.8 Å². The number of hydrogen-bond donors (Lipinski definition) is 0. The first kappa shape index (κ1) is 20.3. The lowest BCUT2D eigenvalue weighted by Crippen LogP contribution is -2.41. The van der Waals surface area contributed by atoms with Crippen molar-refractivity contribution in [2.45, 2.75) is 32.5 Å². The molecule has 0 fully saturated rings. The summed E-state index contributed by atoms with van der Waals surface area (Å²) in [5.74, 6) is 0.219. The summed E-state index contributed by atoms with van der Waals surface area (Å²) in [6.07, 6.45) is -3.72. The Bertz CT molecular complexity index is 531. The third kappa shape index (κ3) is 7.68. The smallest absolute Gasteiger partial charge is 0.422 e. The van der Waals surface area contributed by atoms with E-state index in [9.17, 15) is 18.0 Å². The van der Waals surface area contributed by atoms with Gasteiger partial charge in [-0.15, -0.1) is 0 Å². The van der Waals surface area contributed by atoms with E-state index in [2.05, 4.69) is 0 Å². The molecule has 1 aromatic carbocycles. The minimum Gasteiger partial charge on any atom is -0.484 e. The normalized spacial score (nSPS) is 11.9. The van der Waals surface area contributed by atoms with E-state index < -0.39 is 12.8 Å². The highest BCUT2D eigenvalue weighted by atomic mass is 19.4. The lowest BCUT2D eigenvalue weighted by molar-refractivity contribution is -0.153. The first-order valence-corrected chi connectivity index (χ1v) is 7.81. The second kappa shape index (κ2) is 8.92. The van der Waals surface area contributed by atoms with E-state index in [4.69, 9.17) is 4.74 Å². The summed E-state index contributed by atoms with van der Waals surface area (Å²) in [4.78, 5) is 15.4. The van der Waals surface area contributed by atoms with Crippen molar-refractivity contribution in [3.63, 3.8) is 0 Å². The first-order valence-electron chi connectivity index (χ1n) is 7.81. The Morgan fingerprint density at radius 1 is 1.25 bits per heavy atom. The van der Waals surface area contributed by atoms with Gasteiger partial charge in [-0.2, -0.15) is 13.2 Å². The van der Waals surface area contributed by atoms with Crippen LogP contribution in [0.3, 0.4) is 0 Å². The Kier molecular flexibility index (Phi) is 7.54. The van der Waals surface area contributed by atoms with Crippen molar-refractivity contribution >= 4 is 5.91 Å². The molecule has 1 amide bonds. The third-order valence-corrected chi connectivity index (χ3v) is 3.56. The van der Waals surface area contributed by atoms with Crippen LogP contribution in [0.5, 0.6) is 5.75 Å². The summed E-state index contributed by atoms with van der Waals surface area (Å²) in [7, 11) is 3.42. The first-order chi connectivity index (χ1) is 11.1. The monoisotopic (exact) mass is 346 g/mol. The fourth-order valence-corrected chi connectivity index (χ4v) is 2.06. The maximum absolute atomic E-state index is 12.2. The lowest BCUT2D eigenvalue weighted by atomic mass is 10.1. The maximum Gasteiger partial charge on any atom is 0.422 e. The Balaban J connectivity index is 2.62. The van der Waals surface area contributed by atoms with E-state index in [-0.39, 0.29) is 17.7 Å². The van der Waals surface area contributed by atoms with Crippen molar-refractivity contribution in [1.82, 2.24) is 9.80 Å². The zero-order valence-electron chi connectivity index (χ0n) is 14.6. The zero-order valence-corrected chi connectivity index (χ0v) is 14.6.